The van der Waals surface area contributed by atoms with Crippen LogP contribution in [0, 0.1) is 5.92 Å². The number of hydrogen-bond donors (Lipinski definition) is 0. The van der Waals surface area contributed by atoms with Gasteiger partial charge in [0.25, 0.3) is 0 Å². The van der Waals surface area contributed by atoms with Gasteiger partial charge in [-0.3, -0.25) is 4.79 Å². The van der Waals surface area contributed by atoms with Gasteiger partial charge in [0.15, 0.2) is 23.0 Å². The lowest BCUT2D eigenvalue weighted by Gasteiger charge is -2.44. The van der Waals surface area contributed by atoms with Crippen molar-refractivity contribution in [2.45, 2.75) is 25.6 Å². The molecule has 33 heavy (non-hydrogen) atoms. The lowest BCUT2D eigenvalue weighted by molar-refractivity contribution is -0.212. The highest BCUT2D eigenvalue weighted by Gasteiger charge is 2.53. The van der Waals surface area contributed by atoms with Crippen molar-refractivity contribution in [1.82, 2.24) is 0 Å². The molecule has 0 bridgehead atoms. The summed E-state index contributed by atoms with van der Waals surface area (Å²) in [6.45, 7) is 3.79. The molecule has 9 nitrogen and oxygen atoms in total. The second-order valence-corrected chi connectivity index (χ2v) is 7.73. The highest BCUT2D eigenvalue weighted by molar-refractivity contribution is 5.78. The molecule has 0 radical (unpaired) electrons. The van der Waals surface area contributed by atoms with Gasteiger partial charge in [0.2, 0.25) is 18.3 Å². The summed E-state index contributed by atoms with van der Waals surface area (Å²) in [7, 11) is 6.11. The van der Waals surface area contributed by atoms with Crippen molar-refractivity contribution < 1.29 is 42.7 Å². The van der Waals surface area contributed by atoms with Gasteiger partial charge < -0.3 is 37.9 Å². The first kappa shape index (κ1) is 22.8. The van der Waals surface area contributed by atoms with Gasteiger partial charge in [-0.15, -0.1) is 0 Å². The third-order valence-electron chi connectivity index (χ3n) is 6.04. The van der Waals surface area contributed by atoms with E-state index < -0.39 is 23.6 Å². The Morgan fingerprint density at radius 3 is 2.15 bits per heavy atom. The Hall–Kier alpha value is -3.33. The Morgan fingerprint density at radius 2 is 1.61 bits per heavy atom. The zero-order valence-corrected chi connectivity index (χ0v) is 19.6. The predicted octanol–water partition coefficient (Wildman–Crippen LogP) is 3.51. The SMILES string of the molecule is CCOC(=O)[C@@H]1[C@H](c2cc(OC)c(OC)c(OC)c2)c2cc3c(cc2O[C@@]1(C)OC)OCO3. The number of carbonyl (C=O) groups is 1. The molecule has 0 unspecified atom stereocenters. The van der Waals surface area contributed by atoms with Gasteiger partial charge in [-0.2, -0.15) is 0 Å². The number of fused-ring (bicyclic) bond motifs is 2. The van der Waals surface area contributed by atoms with E-state index in [9.17, 15) is 4.79 Å². The molecule has 0 aliphatic carbocycles. The van der Waals surface area contributed by atoms with Gasteiger partial charge >= 0.3 is 5.97 Å². The molecule has 0 saturated carbocycles. The Labute approximate surface area is 192 Å². The zero-order chi connectivity index (χ0) is 23.8. The molecule has 4 rings (SSSR count). The molecule has 0 spiro atoms. The Kier molecular flexibility index (Phi) is 6.16. The van der Waals surface area contributed by atoms with Crippen LogP contribution in [0.1, 0.15) is 30.9 Å². The van der Waals surface area contributed by atoms with E-state index in [0.29, 0.717) is 34.5 Å². The molecule has 0 N–H and O–H groups in total. The number of esters is 1. The Morgan fingerprint density at radius 1 is 0.970 bits per heavy atom. The number of rotatable bonds is 7. The minimum absolute atomic E-state index is 0.107. The fourth-order valence-corrected chi connectivity index (χ4v) is 4.44. The van der Waals surface area contributed by atoms with Gasteiger partial charge in [0.1, 0.15) is 11.7 Å². The van der Waals surface area contributed by atoms with Crippen LogP contribution in [0.5, 0.6) is 34.5 Å². The van der Waals surface area contributed by atoms with E-state index in [1.807, 2.05) is 18.2 Å². The highest BCUT2D eigenvalue weighted by Crippen LogP contribution is 2.54. The highest BCUT2D eigenvalue weighted by atomic mass is 16.7. The molecule has 9 heteroatoms. The van der Waals surface area contributed by atoms with Crippen molar-refractivity contribution in [2.24, 2.45) is 5.92 Å². The van der Waals surface area contributed by atoms with Crippen molar-refractivity contribution in [3.8, 4) is 34.5 Å². The molecule has 2 aromatic carbocycles. The molecular formula is C24H28O9. The van der Waals surface area contributed by atoms with Gasteiger partial charge in [0, 0.05) is 31.6 Å². The minimum atomic E-state index is -1.32. The molecule has 2 aliphatic heterocycles. The average Bonchev–Trinajstić information content (AvgIpc) is 3.28. The van der Waals surface area contributed by atoms with E-state index in [-0.39, 0.29) is 13.4 Å². The Balaban J connectivity index is 1.99. The van der Waals surface area contributed by atoms with Crippen LogP contribution in [-0.2, 0) is 14.3 Å². The Bertz CT molecular complexity index is 1030. The maximum atomic E-state index is 13.3. The van der Waals surface area contributed by atoms with Crippen LogP contribution in [0.4, 0.5) is 0 Å². The molecule has 2 aromatic rings. The minimum Gasteiger partial charge on any atom is -0.493 e. The van der Waals surface area contributed by atoms with E-state index >= 15 is 0 Å². The first-order chi connectivity index (χ1) is 15.9. The molecular weight excluding hydrogens is 432 g/mol. The van der Waals surface area contributed by atoms with Crippen molar-refractivity contribution in [2.75, 3.05) is 41.8 Å². The van der Waals surface area contributed by atoms with Crippen LogP contribution in [0.2, 0.25) is 0 Å². The average molecular weight is 460 g/mol. The maximum Gasteiger partial charge on any atom is 0.316 e. The molecule has 3 atom stereocenters. The second kappa shape index (κ2) is 8.90. The number of hydrogen-bond acceptors (Lipinski definition) is 9. The van der Waals surface area contributed by atoms with Gasteiger partial charge in [-0.05, 0) is 30.7 Å². The smallest absolute Gasteiger partial charge is 0.316 e. The van der Waals surface area contributed by atoms with Crippen LogP contribution >= 0.6 is 0 Å². The number of ether oxygens (including phenoxy) is 8. The maximum absolute atomic E-state index is 13.3. The van der Waals surface area contributed by atoms with E-state index in [1.54, 1.807) is 34.1 Å². The number of benzene rings is 2. The molecule has 0 fully saturated rings. The quantitative estimate of drug-likeness (QED) is 0.576. The third kappa shape index (κ3) is 3.76. The topological polar surface area (TPSA) is 90.9 Å². The van der Waals surface area contributed by atoms with Crippen LogP contribution < -0.4 is 28.4 Å². The lowest BCUT2D eigenvalue weighted by atomic mass is 9.74. The predicted molar refractivity (Wildman–Crippen MR) is 117 cm³/mol. The van der Waals surface area contributed by atoms with Gasteiger partial charge in [0.05, 0.1) is 27.9 Å². The summed E-state index contributed by atoms with van der Waals surface area (Å²) in [5.41, 5.74) is 1.45. The summed E-state index contributed by atoms with van der Waals surface area (Å²) < 4.78 is 45.2. The fourth-order valence-electron chi connectivity index (χ4n) is 4.44. The molecule has 178 valence electrons. The number of methoxy groups -OCH3 is 4. The normalized spacial score (nSPS) is 22.7. The largest absolute Gasteiger partial charge is 0.493 e. The van der Waals surface area contributed by atoms with Crippen molar-refractivity contribution in [1.29, 1.82) is 0 Å². The van der Waals surface area contributed by atoms with E-state index in [1.165, 1.54) is 14.2 Å². The lowest BCUT2D eigenvalue weighted by Crippen LogP contribution is -2.52. The van der Waals surface area contributed by atoms with Crippen LogP contribution in [-0.4, -0.2) is 53.6 Å². The summed E-state index contributed by atoms with van der Waals surface area (Å²) in [6, 6.07) is 7.20. The van der Waals surface area contributed by atoms with Crippen molar-refractivity contribution in [3.05, 3.63) is 35.4 Å². The first-order valence-electron chi connectivity index (χ1n) is 10.5. The summed E-state index contributed by atoms with van der Waals surface area (Å²) in [5.74, 6) is -0.152. The fraction of sp³-hybridized carbons (Fsp3) is 0.458. The monoisotopic (exact) mass is 460 g/mol. The summed E-state index contributed by atoms with van der Waals surface area (Å²) in [6.07, 6.45) is 0. The molecule has 2 heterocycles. The summed E-state index contributed by atoms with van der Waals surface area (Å²) >= 11 is 0. The summed E-state index contributed by atoms with van der Waals surface area (Å²) in [4.78, 5) is 13.3. The first-order valence-corrected chi connectivity index (χ1v) is 10.5. The standard InChI is InChI=1S/C24H28O9/c1-7-30-23(25)21-20(13-8-18(26-3)22(28-5)19(9-13)27-4)14-10-16-17(32-12-31-16)11-15(14)33-24(21,2)29-6/h8-11,20-21H,7,12H2,1-6H3/t20-,21+,24-/m1/s1. The van der Waals surface area contributed by atoms with E-state index in [0.717, 1.165) is 11.1 Å². The molecule has 2 aliphatic rings. The molecule has 0 amide bonds. The summed E-state index contributed by atoms with van der Waals surface area (Å²) in [5, 5.41) is 0. The molecule has 0 aromatic heterocycles. The zero-order valence-electron chi connectivity index (χ0n) is 19.6. The van der Waals surface area contributed by atoms with E-state index in [2.05, 4.69) is 0 Å². The third-order valence-corrected chi connectivity index (χ3v) is 6.04. The van der Waals surface area contributed by atoms with Crippen molar-refractivity contribution in [3.63, 3.8) is 0 Å². The van der Waals surface area contributed by atoms with E-state index in [4.69, 9.17) is 37.9 Å². The second-order valence-electron chi connectivity index (χ2n) is 7.73. The number of carbonyl (C=O) groups excluding carboxylic acids is 1. The van der Waals surface area contributed by atoms with Crippen molar-refractivity contribution >= 4 is 5.97 Å². The van der Waals surface area contributed by atoms with Crippen LogP contribution in [0.25, 0.3) is 0 Å². The van der Waals surface area contributed by atoms with Gasteiger partial charge in [-0.25, -0.2) is 0 Å². The molecule has 0 saturated heterocycles. The van der Waals surface area contributed by atoms with Crippen LogP contribution in [0.3, 0.4) is 0 Å². The van der Waals surface area contributed by atoms with Gasteiger partial charge in [-0.1, -0.05) is 0 Å². The van der Waals surface area contributed by atoms with Crippen LogP contribution in [0.15, 0.2) is 24.3 Å².